The van der Waals surface area contributed by atoms with E-state index in [1.54, 1.807) is 26.0 Å². The minimum Gasteiger partial charge on any atom is -0.478 e. The fourth-order valence-corrected chi connectivity index (χ4v) is 2.03. The molecule has 0 atom stereocenters. The molecule has 0 unspecified atom stereocenters. The maximum absolute atomic E-state index is 11.5. The van der Waals surface area contributed by atoms with Crippen LogP contribution in [0.1, 0.15) is 21.6 Å². The second kappa shape index (κ2) is 4.37. The number of aromatic nitrogens is 5. The lowest BCUT2D eigenvalue weighted by atomic mass is 10.1. The van der Waals surface area contributed by atoms with Crippen LogP contribution in [0.4, 0.5) is 0 Å². The van der Waals surface area contributed by atoms with Gasteiger partial charge < -0.3 is 5.11 Å². The van der Waals surface area contributed by atoms with E-state index >= 15 is 0 Å². The fraction of sp³-hybridized carbons (Fsp3) is 0.154. The number of rotatable bonds is 2. The van der Waals surface area contributed by atoms with E-state index in [4.69, 9.17) is 0 Å². The normalized spacial score (nSPS) is 10.9. The Morgan fingerprint density at radius 1 is 1.15 bits per heavy atom. The maximum Gasteiger partial charge on any atom is 0.339 e. The Morgan fingerprint density at radius 3 is 2.65 bits per heavy atom. The second-order valence-corrected chi connectivity index (χ2v) is 4.40. The van der Waals surface area contributed by atoms with Crippen LogP contribution in [0.3, 0.4) is 0 Å². The third-order valence-corrected chi connectivity index (χ3v) is 3.20. The Bertz CT molecular complexity index is 825. The van der Waals surface area contributed by atoms with E-state index < -0.39 is 5.97 Å². The van der Waals surface area contributed by atoms with Crippen molar-refractivity contribution < 1.29 is 9.90 Å². The van der Waals surface area contributed by atoms with Crippen LogP contribution in [0.2, 0.25) is 0 Å². The van der Waals surface area contributed by atoms with E-state index in [1.807, 2.05) is 12.1 Å². The highest BCUT2D eigenvalue weighted by Crippen LogP contribution is 2.20. The highest BCUT2D eigenvalue weighted by molar-refractivity contribution is 5.93. The monoisotopic (exact) mass is 269 g/mol. The van der Waals surface area contributed by atoms with Gasteiger partial charge in [0.1, 0.15) is 11.1 Å². The van der Waals surface area contributed by atoms with Crippen molar-refractivity contribution in [3.63, 3.8) is 0 Å². The van der Waals surface area contributed by atoms with Gasteiger partial charge in [0.25, 0.3) is 0 Å². The average molecular weight is 269 g/mol. The molecule has 3 rings (SSSR count). The summed E-state index contributed by atoms with van der Waals surface area (Å²) in [6.07, 6.45) is 0. The summed E-state index contributed by atoms with van der Waals surface area (Å²) < 4.78 is 1.40. The van der Waals surface area contributed by atoms with Crippen molar-refractivity contribution in [1.82, 2.24) is 25.2 Å². The molecule has 0 aliphatic rings. The Labute approximate surface area is 113 Å². The van der Waals surface area contributed by atoms with Gasteiger partial charge in [0.05, 0.1) is 11.2 Å². The van der Waals surface area contributed by atoms with Crippen molar-refractivity contribution in [1.29, 1.82) is 0 Å². The molecule has 7 nitrogen and oxygen atoms in total. The Kier molecular flexibility index (Phi) is 2.67. The topological polar surface area (TPSA) is 93.8 Å². The van der Waals surface area contributed by atoms with Crippen LogP contribution in [0.25, 0.3) is 16.9 Å². The number of carboxylic acid groups (broad SMARTS) is 1. The van der Waals surface area contributed by atoms with E-state index in [0.717, 1.165) is 0 Å². The van der Waals surface area contributed by atoms with E-state index in [-0.39, 0.29) is 11.4 Å². The molecule has 0 saturated carbocycles. The lowest BCUT2D eigenvalue weighted by molar-refractivity contribution is 0.0695. The average Bonchev–Trinajstić information content (AvgIpc) is 2.85. The molecule has 0 aliphatic carbocycles. The predicted molar refractivity (Wildman–Crippen MR) is 70.9 cm³/mol. The van der Waals surface area contributed by atoms with Crippen molar-refractivity contribution in [3.05, 3.63) is 41.1 Å². The summed E-state index contributed by atoms with van der Waals surface area (Å²) >= 11 is 0. The van der Waals surface area contributed by atoms with Crippen molar-refractivity contribution in [3.8, 4) is 5.82 Å². The van der Waals surface area contributed by atoms with Crippen LogP contribution < -0.4 is 0 Å². The highest BCUT2D eigenvalue weighted by Gasteiger charge is 2.21. The summed E-state index contributed by atoms with van der Waals surface area (Å²) in [6.45, 7) is 3.42. The zero-order valence-electron chi connectivity index (χ0n) is 10.9. The van der Waals surface area contributed by atoms with Crippen molar-refractivity contribution in [2.24, 2.45) is 0 Å². The van der Waals surface area contributed by atoms with Crippen molar-refractivity contribution in [2.45, 2.75) is 13.8 Å². The SMILES string of the molecule is Cc1nnc(-n2nnc3ccccc32)c(C(=O)O)c1C. The molecule has 2 aromatic heterocycles. The Balaban J connectivity index is 2.35. The first-order valence-corrected chi connectivity index (χ1v) is 5.97. The van der Waals surface area contributed by atoms with Crippen LogP contribution >= 0.6 is 0 Å². The first-order valence-electron chi connectivity index (χ1n) is 5.97. The van der Waals surface area contributed by atoms with Crippen LogP contribution in [-0.2, 0) is 0 Å². The van der Waals surface area contributed by atoms with Gasteiger partial charge in [0.2, 0.25) is 0 Å². The molecule has 0 aliphatic heterocycles. The maximum atomic E-state index is 11.5. The van der Waals surface area contributed by atoms with Crippen molar-refractivity contribution in [2.75, 3.05) is 0 Å². The summed E-state index contributed by atoms with van der Waals surface area (Å²) in [6, 6.07) is 7.27. The van der Waals surface area contributed by atoms with Gasteiger partial charge in [-0.3, -0.25) is 0 Å². The van der Waals surface area contributed by atoms with E-state index in [1.165, 1.54) is 4.68 Å². The van der Waals surface area contributed by atoms with E-state index in [9.17, 15) is 9.90 Å². The minimum absolute atomic E-state index is 0.0909. The molecule has 0 saturated heterocycles. The fourth-order valence-electron chi connectivity index (χ4n) is 2.03. The number of hydrogen-bond donors (Lipinski definition) is 1. The summed E-state index contributed by atoms with van der Waals surface area (Å²) in [5.41, 5.74) is 2.60. The van der Waals surface area contributed by atoms with Gasteiger partial charge in [-0.1, -0.05) is 17.3 Å². The van der Waals surface area contributed by atoms with Crippen LogP contribution in [0, 0.1) is 13.8 Å². The quantitative estimate of drug-likeness (QED) is 0.758. The number of aryl methyl sites for hydroxylation is 1. The summed E-state index contributed by atoms with van der Waals surface area (Å²) in [7, 11) is 0. The number of aromatic carboxylic acids is 1. The number of carbonyl (C=O) groups is 1. The molecule has 0 bridgehead atoms. The van der Waals surface area contributed by atoms with Gasteiger partial charge in [-0.2, -0.15) is 9.78 Å². The highest BCUT2D eigenvalue weighted by atomic mass is 16.4. The number of carboxylic acids is 1. The third-order valence-electron chi connectivity index (χ3n) is 3.20. The molecule has 1 aromatic carbocycles. The summed E-state index contributed by atoms with van der Waals surface area (Å²) in [5.74, 6) is -0.885. The first kappa shape index (κ1) is 12.2. The zero-order chi connectivity index (χ0) is 14.3. The first-order chi connectivity index (χ1) is 9.59. The van der Waals surface area contributed by atoms with Gasteiger partial charge >= 0.3 is 5.97 Å². The minimum atomic E-state index is -1.06. The number of hydrogen-bond acceptors (Lipinski definition) is 5. The Hall–Kier alpha value is -2.83. The molecule has 100 valence electrons. The largest absolute Gasteiger partial charge is 0.478 e. The lowest BCUT2D eigenvalue weighted by Gasteiger charge is -2.09. The van der Waals surface area contributed by atoms with Crippen molar-refractivity contribution >= 4 is 17.0 Å². The van der Waals surface area contributed by atoms with Crippen LogP contribution in [-0.4, -0.2) is 36.3 Å². The van der Waals surface area contributed by atoms with Gasteiger partial charge in [-0.15, -0.1) is 10.2 Å². The van der Waals surface area contributed by atoms with Gasteiger partial charge in [-0.05, 0) is 31.5 Å². The predicted octanol–water partition coefficient (Wildman–Crippen LogP) is 1.53. The van der Waals surface area contributed by atoms with Gasteiger partial charge in [-0.25, -0.2) is 4.79 Å². The molecule has 0 radical (unpaired) electrons. The van der Waals surface area contributed by atoms with E-state index in [0.29, 0.717) is 22.3 Å². The number of nitrogens with zero attached hydrogens (tertiary/aromatic N) is 5. The standard InChI is InChI=1S/C13H11N5O2/c1-7-8(2)14-16-12(11(7)13(19)20)18-10-6-4-3-5-9(10)15-17-18/h3-6H,1-2H3,(H,19,20). The Morgan fingerprint density at radius 2 is 1.90 bits per heavy atom. The summed E-state index contributed by atoms with van der Waals surface area (Å²) in [4.78, 5) is 11.5. The summed E-state index contributed by atoms with van der Waals surface area (Å²) in [5, 5.41) is 25.4. The second-order valence-electron chi connectivity index (χ2n) is 4.40. The van der Waals surface area contributed by atoms with Gasteiger partial charge in [0, 0.05) is 0 Å². The molecule has 20 heavy (non-hydrogen) atoms. The number of fused-ring (bicyclic) bond motifs is 1. The number of benzene rings is 1. The zero-order valence-corrected chi connectivity index (χ0v) is 10.9. The molecule has 0 spiro atoms. The molecule has 7 heteroatoms. The molecule has 3 aromatic rings. The molecule has 1 N–H and O–H groups in total. The smallest absolute Gasteiger partial charge is 0.339 e. The molecular formula is C13H11N5O2. The van der Waals surface area contributed by atoms with Crippen LogP contribution in [0.5, 0.6) is 0 Å². The van der Waals surface area contributed by atoms with Gasteiger partial charge in [0.15, 0.2) is 5.82 Å². The molecule has 2 heterocycles. The lowest BCUT2D eigenvalue weighted by Crippen LogP contribution is -2.14. The third kappa shape index (κ3) is 1.71. The molecule has 0 amide bonds. The number of para-hydroxylation sites is 1. The molecular weight excluding hydrogens is 258 g/mol. The van der Waals surface area contributed by atoms with E-state index in [2.05, 4.69) is 20.5 Å². The molecule has 0 fully saturated rings. The van der Waals surface area contributed by atoms with Crippen LogP contribution in [0.15, 0.2) is 24.3 Å².